The lowest BCUT2D eigenvalue weighted by Crippen LogP contribution is -2.57. The Bertz CT molecular complexity index is 889. The van der Waals surface area contributed by atoms with E-state index in [1.807, 2.05) is 0 Å². The van der Waals surface area contributed by atoms with Gasteiger partial charge in [-0.2, -0.15) is 13.2 Å². The zero-order valence-corrected chi connectivity index (χ0v) is 15.3. The standard InChI is InChI=1S/C21H20F3NO3/c1-3-20(19(26)27)18(14-4-8-15(9-5-14)21(22,23)24)17(12-25-20)13-6-10-16(28-2)11-7-13/h4-12,18,25H,3H2,1-2H3,(H,26,27)/p-1. The van der Waals surface area contributed by atoms with Gasteiger partial charge in [0, 0.05) is 12.1 Å². The number of carbonyl (C=O) groups excluding carboxylic acids is 1. The number of hydrogen-bond donors (Lipinski definition) is 1. The molecule has 1 aliphatic rings. The van der Waals surface area contributed by atoms with Crippen molar-refractivity contribution in [2.75, 3.05) is 7.11 Å². The molecule has 0 bridgehead atoms. The number of hydrogen-bond acceptors (Lipinski definition) is 4. The summed E-state index contributed by atoms with van der Waals surface area (Å²) in [6.07, 6.45) is -2.67. The van der Waals surface area contributed by atoms with Gasteiger partial charge in [-0.25, -0.2) is 0 Å². The first-order chi connectivity index (χ1) is 13.2. The molecule has 0 amide bonds. The first-order valence-corrected chi connectivity index (χ1v) is 8.73. The van der Waals surface area contributed by atoms with Crippen LogP contribution in [0.2, 0.25) is 0 Å². The van der Waals surface area contributed by atoms with E-state index in [-0.39, 0.29) is 6.42 Å². The molecule has 148 valence electrons. The molecule has 0 spiro atoms. The van der Waals surface area contributed by atoms with Crippen LogP contribution in [-0.4, -0.2) is 18.6 Å². The first kappa shape index (κ1) is 19.8. The lowest BCUT2D eigenvalue weighted by molar-refractivity contribution is -0.314. The molecule has 2 unspecified atom stereocenters. The average molecular weight is 390 g/mol. The van der Waals surface area contributed by atoms with Crippen molar-refractivity contribution in [2.45, 2.75) is 31.0 Å². The van der Waals surface area contributed by atoms with Gasteiger partial charge in [0.2, 0.25) is 0 Å². The highest BCUT2D eigenvalue weighted by atomic mass is 19.4. The van der Waals surface area contributed by atoms with E-state index in [1.165, 1.54) is 19.2 Å². The Morgan fingerprint density at radius 1 is 1.14 bits per heavy atom. The van der Waals surface area contributed by atoms with Crippen molar-refractivity contribution < 1.29 is 27.8 Å². The largest absolute Gasteiger partial charge is 0.548 e. The molecule has 0 saturated carbocycles. The fourth-order valence-electron chi connectivity index (χ4n) is 3.63. The van der Waals surface area contributed by atoms with Crippen LogP contribution < -0.4 is 15.2 Å². The molecule has 0 fully saturated rings. The number of carbonyl (C=O) groups is 1. The Kier molecular flexibility index (Phi) is 5.10. The van der Waals surface area contributed by atoms with Crippen molar-refractivity contribution in [1.82, 2.24) is 5.32 Å². The highest BCUT2D eigenvalue weighted by molar-refractivity contribution is 5.89. The van der Waals surface area contributed by atoms with Crippen LogP contribution in [0.1, 0.15) is 36.0 Å². The Morgan fingerprint density at radius 2 is 1.75 bits per heavy atom. The molecule has 0 radical (unpaired) electrons. The average Bonchev–Trinajstić information content (AvgIpc) is 3.08. The number of carboxylic acids is 1. The van der Waals surface area contributed by atoms with E-state index < -0.39 is 29.2 Å². The number of benzene rings is 2. The molecule has 2 aromatic carbocycles. The first-order valence-electron chi connectivity index (χ1n) is 8.73. The maximum Gasteiger partial charge on any atom is 0.416 e. The monoisotopic (exact) mass is 390 g/mol. The lowest BCUT2D eigenvalue weighted by atomic mass is 9.74. The summed E-state index contributed by atoms with van der Waals surface area (Å²) in [4.78, 5) is 12.0. The van der Waals surface area contributed by atoms with Gasteiger partial charge in [0.25, 0.3) is 0 Å². The SMILES string of the molecule is CCC1(C(=O)[O-])NC=C(c2ccc(OC)cc2)C1c1ccc(C(F)(F)F)cc1. The predicted molar refractivity (Wildman–Crippen MR) is 96.3 cm³/mol. The Labute approximate surface area is 160 Å². The second-order valence-electron chi connectivity index (χ2n) is 6.64. The summed E-state index contributed by atoms with van der Waals surface area (Å²) in [6, 6.07) is 11.6. The molecule has 0 saturated heterocycles. The molecule has 0 aliphatic carbocycles. The van der Waals surface area contributed by atoms with E-state index in [4.69, 9.17) is 4.74 Å². The van der Waals surface area contributed by atoms with Crippen molar-refractivity contribution in [3.8, 4) is 5.75 Å². The Balaban J connectivity index is 2.08. The molecule has 0 aromatic heterocycles. The minimum absolute atomic E-state index is 0.192. The number of methoxy groups -OCH3 is 1. The van der Waals surface area contributed by atoms with Crippen molar-refractivity contribution >= 4 is 11.5 Å². The Hall–Kier alpha value is -2.96. The second-order valence-corrected chi connectivity index (χ2v) is 6.64. The molecule has 28 heavy (non-hydrogen) atoms. The maximum absolute atomic E-state index is 12.9. The summed E-state index contributed by atoms with van der Waals surface area (Å²) >= 11 is 0. The van der Waals surface area contributed by atoms with Crippen LogP contribution in [-0.2, 0) is 11.0 Å². The van der Waals surface area contributed by atoms with Gasteiger partial charge in [-0.3, -0.25) is 0 Å². The number of rotatable bonds is 5. The van der Waals surface area contributed by atoms with Gasteiger partial charge in [-0.05, 0) is 47.4 Å². The van der Waals surface area contributed by atoms with Gasteiger partial charge in [-0.15, -0.1) is 0 Å². The normalized spacial score (nSPS) is 21.8. The van der Waals surface area contributed by atoms with Gasteiger partial charge in [0.1, 0.15) is 5.75 Å². The third-order valence-electron chi connectivity index (χ3n) is 5.21. The third-order valence-corrected chi connectivity index (χ3v) is 5.21. The minimum atomic E-state index is -4.46. The molecule has 4 nitrogen and oxygen atoms in total. The number of ether oxygens (including phenoxy) is 1. The van der Waals surface area contributed by atoms with Crippen molar-refractivity contribution in [2.24, 2.45) is 0 Å². The summed E-state index contributed by atoms with van der Waals surface area (Å²) in [5.74, 6) is -1.37. The predicted octanol–water partition coefficient (Wildman–Crippen LogP) is 3.34. The third kappa shape index (κ3) is 3.32. The summed E-state index contributed by atoms with van der Waals surface area (Å²) in [5.41, 5.74) is -0.364. The molecule has 3 rings (SSSR count). The van der Waals surface area contributed by atoms with Crippen LogP contribution >= 0.6 is 0 Å². The smallest absolute Gasteiger partial charge is 0.416 e. The molecule has 1 aliphatic heterocycles. The van der Waals surface area contributed by atoms with Crippen LogP contribution in [0.3, 0.4) is 0 Å². The fraction of sp³-hybridized carbons (Fsp3) is 0.286. The molecule has 7 heteroatoms. The number of aliphatic carboxylic acids is 1. The van der Waals surface area contributed by atoms with Crippen molar-refractivity contribution in [1.29, 1.82) is 0 Å². The molecular weight excluding hydrogens is 371 g/mol. The second kappa shape index (κ2) is 7.22. The molecule has 1 N–H and O–H groups in total. The van der Waals surface area contributed by atoms with Gasteiger partial charge in [-0.1, -0.05) is 31.2 Å². The van der Waals surface area contributed by atoms with Gasteiger partial charge < -0.3 is 20.0 Å². The summed E-state index contributed by atoms with van der Waals surface area (Å²) in [7, 11) is 1.54. The minimum Gasteiger partial charge on any atom is -0.548 e. The van der Waals surface area contributed by atoms with Crippen LogP contribution in [0, 0.1) is 0 Å². The van der Waals surface area contributed by atoms with E-state index in [2.05, 4.69) is 5.32 Å². The lowest BCUT2D eigenvalue weighted by Gasteiger charge is -2.38. The van der Waals surface area contributed by atoms with Gasteiger partial charge in [0.15, 0.2) is 0 Å². The van der Waals surface area contributed by atoms with E-state index in [0.717, 1.165) is 17.7 Å². The van der Waals surface area contributed by atoms with Crippen LogP contribution in [0.5, 0.6) is 5.75 Å². The maximum atomic E-state index is 12.9. The number of carboxylic acid groups (broad SMARTS) is 1. The highest BCUT2D eigenvalue weighted by Crippen LogP contribution is 2.46. The van der Waals surface area contributed by atoms with Gasteiger partial charge >= 0.3 is 6.18 Å². The van der Waals surface area contributed by atoms with E-state index in [9.17, 15) is 23.1 Å². The molecular formula is C21H19F3NO3-. The molecule has 2 atom stereocenters. The summed E-state index contributed by atoms with van der Waals surface area (Å²) in [5, 5.41) is 14.9. The van der Waals surface area contributed by atoms with Crippen LogP contribution in [0.25, 0.3) is 5.57 Å². The van der Waals surface area contributed by atoms with Crippen molar-refractivity contribution in [3.05, 3.63) is 71.4 Å². The Morgan fingerprint density at radius 3 is 2.21 bits per heavy atom. The quantitative estimate of drug-likeness (QED) is 0.851. The van der Waals surface area contributed by atoms with Crippen molar-refractivity contribution in [3.63, 3.8) is 0 Å². The molecule has 2 aromatic rings. The summed E-state index contributed by atoms with van der Waals surface area (Å²) in [6.45, 7) is 1.70. The topological polar surface area (TPSA) is 61.4 Å². The zero-order chi connectivity index (χ0) is 20.5. The summed E-state index contributed by atoms with van der Waals surface area (Å²) < 4.78 is 43.9. The zero-order valence-electron chi connectivity index (χ0n) is 15.3. The number of nitrogens with one attached hydrogen (secondary N) is 1. The van der Waals surface area contributed by atoms with E-state index in [1.54, 1.807) is 37.4 Å². The van der Waals surface area contributed by atoms with E-state index in [0.29, 0.717) is 16.9 Å². The fourth-order valence-corrected chi connectivity index (χ4v) is 3.63. The number of halogens is 3. The highest BCUT2D eigenvalue weighted by Gasteiger charge is 2.45. The van der Waals surface area contributed by atoms with Crippen LogP contribution in [0.15, 0.2) is 54.7 Å². The van der Waals surface area contributed by atoms with Crippen LogP contribution in [0.4, 0.5) is 13.2 Å². The number of alkyl halides is 3. The van der Waals surface area contributed by atoms with E-state index >= 15 is 0 Å². The molecule has 1 heterocycles. The van der Waals surface area contributed by atoms with Gasteiger partial charge in [0.05, 0.1) is 24.2 Å².